The second kappa shape index (κ2) is 10.2. The van der Waals surface area contributed by atoms with Crippen LogP contribution in [-0.2, 0) is 0 Å². The van der Waals surface area contributed by atoms with E-state index in [1.807, 2.05) is 0 Å². The molecule has 0 saturated carbocycles. The lowest BCUT2D eigenvalue weighted by Crippen LogP contribution is -1.46. The highest BCUT2D eigenvalue weighted by Crippen LogP contribution is 2.08. The molecule has 0 aromatic carbocycles. The molecule has 0 aromatic heterocycles. The fraction of sp³-hybridized carbons (Fsp3) is 0. The van der Waals surface area contributed by atoms with Gasteiger partial charge in [0.15, 0.2) is 0 Å². The lowest BCUT2D eigenvalue weighted by atomic mass is 11.8. The van der Waals surface area contributed by atoms with Gasteiger partial charge in [0.25, 0.3) is 0 Å². The monoisotopic (exact) mass is 200 g/mol. The SMILES string of the molecule is ClSCl.O=C(Cl)Cl. The van der Waals surface area contributed by atoms with Gasteiger partial charge in [-0.25, -0.2) is 0 Å². The quantitative estimate of drug-likeness (QED) is 0.558. The second-order valence-electron chi connectivity index (χ2n) is 0.284. The van der Waals surface area contributed by atoms with Crippen LogP contribution in [0.4, 0.5) is 4.79 Å². The summed E-state index contributed by atoms with van der Waals surface area (Å²) in [6.07, 6.45) is 0. The smallest absolute Gasteiger partial charge is 0.262 e. The maximum Gasteiger partial charge on any atom is 0.313 e. The van der Waals surface area contributed by atoms with E-state index in [1.165, 1.54) is 0 Å². The number of hydrogen-bond acceptors (Lipinski definition) is 2. The molecule has 0 amide bonds. The summed E-state index contributed by atoms with van der Waals surface area (Å²) in [4.78, 5) is 8.98. The number of carbonyl (C=O) groups is 1. The van der Waals surface area contributed by atoms with Gasteiger partial charge in [-0.2, -0.15) is 0 Å². The van der Waals surface area contributed by atoms with Crippen LogP contribution in [0.1, 0.15) is 0 Å². The standard InChI is InChI=1S/CCl2O.Cl2S/c2-1(3)4;1-3-2. The molecule has 0 aliphatic carbocycles. The van der Waals surface area contributed by atoms with Gasteiger partial charge in [-0.15, -0.1) is 0 Å². The van der Waals surface area contributed by atoms with Crippen LogP contribution >= 0.6 is 54.8 Å². The van der Waals surface area contributed by atoms with E-state index in [9.17, 15) is 0 Å². The van der Waals surface area contributed by atoms with Gasteiger partial charge in [0.05, 0.1) is 10.2 Å². The van der Waals surface area contributed by atoms with Gasteiger partial charge in [-0.05, 0) is 44.6 Å². The fourth-order valence-corrected chi connectivity index (χ4v) is 0. The Morgan fingerprint density at radius 2 is 1.29 bits per heavy atom. The van der Waals surface area contributed by atoms with Gasteiger partial charge >= 0.3 is 4.70 Å². The maximum atomic E-state index is 8.98. The molecule has 0 aliphatic heterocycles. The zero-order valence-electron chi connectivity index (χ0n) is 2.83. The molecule has 0 N–H and O–H groups in total. The number of halogens is 4. The fourth-order valence-electron chi connectivity index (χ4n) is 0. The topological polar surface area (TPSA) is 17.1 Å². The van der Waals surface area contributed by atoms with Crippen molar-refractivity contribution < 1.29 is 4.79 Å². The molecule has 0 spiro atoms. The first-order valence-corrected chi connectivity index (χ1v) is 4.12. The number of carbonyl (C=O) groups excluding carboxylic acids is 1. The number of hydrogen-bond donors (Lipinski definition) is 0. The first-order valence-electron chi connectivity index (χ1n) is 0.891. The van der Waals surface area contributed by atoms with Crippen LogP contribution in [0.2, 0.25) is 0 Å². The Labute approximate surface area is 64.3 Å². The molecule has 6 heteroatoms. The summed E-state index contributed by atoms with van der Waals surface area (Å²) < 4.78 is -0.889. The zero-order valence-corrected chi connectivity index (χ0v) is 6.67. The van der Waals surface area contributed by atoms with E-state index in [-0.39, 0.29) is 0 Å². The highest BCUT2D eigenvalue weighted by atomic mass is 36.0. The minimum absolute atomic E-state index is 0.694. The van der Waals surface area contributed by atoms with E-state index in [4.69, 9.17) is 4.79 Å². The van der Waals surface area contributed by atoms with Gasteiger partial charge in [0, 0.05) is 0 Å². The Kier molecular flexibility index (Phi) is 16.1. The molecule has 0 aliphatic rings. The molecule has 0 saturated heterocycles. The molecule has 0 radical (unpaired) electrons. The molecule has 0 rings (SSSR count). The zero-order chi connectivity index (χ0) is 6.28. The molecule has 44 valence electrons. The Hall–Kier alpha value is 1.18. The Morgan fingerprint density at radius 3 is 1.29 bits per heavy atom. The highest BCUT2D eigenvalue weighted by molar-refractivity contribution is 8.38. The Bertz CT molecular complexity index is 43.0. The first kappa shape index (κ1) is 11.0. The average molecular weight is 202 g/mol. The summed E-state index contributed by atoms with van der Waals surface area (Å²) in [6.45, 7) is 0. The van der Waals surface area contributed by atoms with Crippen molar-refractivity contribution in [2.24, 2.45) is 0 Å². The van der Waals surface area contributed by atoms with Crippen LogP contribution in [0.15, 0.2) is 0 Å². The Morgan fingerprint density at radius 1 is 1.29 bits per heavy atom. The van der Waals surface area contributed by atoms with E-state index in [2.05, 4.69) is 44.6 Å². The van der Waals surface area contributed by atoms with Gasteiger partial charge < -0.3 is 0 Å². The number of rotatable bonds is 0. The van der Waals surface area contributed by atoms with Gasteiger partial charge in [0.2, 0.25) is 0 Å². The third-order valence-corrected chi connectivity index (χ3v) is 0. The van der Waals surface area contributed by atoms with Crippen molar-refractivity contribution in [1.82, 2.24) is 0 Å². The van der Waals surface area contributed by atoms with Gasteiger partial charge in [-0.3, -0.25) is 4.79 Å². The van der Waals surface area contributed by atoms with E-state index in [0.29, 0.717) is 10.2 Å². The van der Waals surface area contributed by atoms with E-state index in [1.54, 1.807) is 0 Å². The molecular weight excluding hydrogens is 202 g/mol. The third-order valence-electron chi connectivity index (χ3n) is 0. The molecule has 0 atom stereocenters. The van der Waals surface area contributed by atoms with Crippen LogP contribution in [0.5, 0.6) is 0 Å². The van der Waals surface area contributed by atoms with Crippen molar-refractivity contribution in [3.05, 3.63) is 0 Å². The van der Waals surface area contributed by atoms with Gasteiger partial charge in [0.1, 0.15) is 0 Å². The Balaban J connectivity index is 0. The van der Waals surface area contributed by atoms with E-state index < -0.39 is 4.70 Å². The first-order chi connectivity index (χ1) is 3.15. The van der Waals surface area contributed by atoms with Crippen LogP contribution in [-0.4, -0.2) is 4.70 Å². The molecule has 0 aromatic rings. The van der Waals surface area contributed by atoms with Crippen LogP contribution in [0.3, 0.4) is 0 Å². The molecular formula is CCl4OS. The second-order valence-corrected chi connectivity index (χ2v) is 2.68. The van der Waals surface area contributed by atoms with Crippen molar-refractivity contribution in [3.8, 4) is 0 Å². The minimum atomic E-state index is -0.889. The summed E-state index contributed by atoms with van der Waals surface area (Å²) >= 11 is 8.80. The summed E-state index contributed by atoms with van der Waals surface area (Å²) in [5, 5.41) is 0. The van der Waals surface area contributed by atoms with Gasteiger partial charge in [-0.1, -0.05) is 0 Å². The summed E-state index contributed by atoms with van der Waals surface area (Å²) in [5.41, 5.74) is 0. The van der Waals surface area contributed by atoms with Crippen molar-refractivity contribution in [2.75, 3.05) is 0 Å². The van der Waals surface area contributed by atoms with Crippen LogP contribution < -0.4 is 0 Å². The lowest BCUT2D eigenvalue weighted by molar-refractivity contribution is 0.275. The molecule has 0 unspecified atom stereocenters. The van der Waals surface area contributed by atoms with E-state index >= 15 is 0 Å². The molecule has 0 bridgehead atoms. The third kappa shape index (κ3) is 138. The van der Waals surface area contributed by atoms with Crippen molar-refractivity contribution in [1.29, 1.82) is 0 Å². The molecule has 7 heavy (non-hydrogen) atoms. The van der Waals surface area contributed by atoms with Crippen molar-refractivity contribution >= 4 is 59.5 Å². The summed E-state index contributed by atoms with van der Waals surface area (Å²) in [7, 11) is 10.1. The summed E-state index contributed by atoms with van der Waals surface area (Å²) in [5.74, 6) is 0. The van der Waals surface area contributed by atoms with E-state index in [0.717, 1.165) is 0 Å². The van der Waals surface area contributed by atoms with Crippen LogP contribution in [0.25, 0.3) is 0 Å². The average Bonchev–Trinajstić information content (AvgIpc) is 1.33. The van der Waals surface area contributed by atoms with Crippen molar-refractivity contribution in [2.45, 2.75) is 0 Å². The largest absolute Gasteiger partial charge is 0.313 e. The molecule has 0 heterocycles. The molecule has 1 nitrogen and oxygen atoms in total. The summed E-state index contributed by atoms with van der Waals surface area (Å²) in [6, 6.07) is 0. The van der Waals surface area contributed by atoms with Crippen LogP contribution in [0, 0.1) is 0 Å². The predicted octanol–water partition coefficient (Wildman–Crippen LogP) is 3.61. The van der Waals surface area contributed by atoms with Crippen molar-refractivity contribution in [3.63, 3.8) is 0 Å². The normalized spacial score (nSPS) is 6.29. The molecule has 0 fully saturated rings. The maximum absolute atomic E-state index is 8.98. The predicted molar refractivity (Wildman–Crippen MR) is 36.4 cm³/mol. The minimum Gasteiger partial charge on any atom is -0.262 e. The highest BCUT2D eigenvalue weighted by Gasteiger charge is 1.72. The lowest BCUT2D eigenvalue weighted by Gasteiger charge is -1.48.